The van der Waals surface area contributed by atoms with Crippen LogP contribution in [-0.4, -0.2) is 28.3 Å². The average Bonchev–Trinajstić information content (AvgIpc) is 2.63. The fourth-order valence-electron chi connectivity index (χ4n) is 2.16. The molecular weight excluding hydrogens is 258 g/mol. The van der Waals surface area contributed by atoms with Crippen LogP contribution in [0, 0.1) is 17.1 Å². The Labute approximate surface area is 118 Å². The molecule has 5 heteroatoms. The Balaban J connectivity index is 2.37. The summed E-state index contributed by atoms with van der Waals surface area (Å²) in [5.74, 6) is 0. The summed E-state index contributed by atoms with van der Waals surface area (Å²) in [6.45, 7) is 8.04. The van der Waals surface area contributed by atoms with E-state index in [1.165, 1.54) is 0 Å². The molecule has 1 N–H and O–H groups in total. The predicted octanol–water partition coefficient (Wildman–Crippen LogP) is 3.47. The molecule has 0 bridgehead atoms. The number of H-pyrrole nitrogens is 1. The van der Waals surface area contributed by atoms with Crippen LogP contribution >= 0.6 is 12.2 Å². The van der Waals surface area contributed by atoms with Crippen molar-refractivity contribution in [3.8, 4) is 0 Å². The summed E-state index contributed by atoms with van der Waals surface area (Å²) in [7, 11) is 1.73. The summed E-state index contributed by atoms with van der Waals surface area (Å²) in [6, 6.07) is 4.03. The van der Waals surface area contributed by atoms with Gasteiger partial charge in [-0.3, -0.25) is 0 Å². The van der Waals surface area contributed by atoms with Crippen molar-refractivity contribution in [1.29, 1.82) is 0 Å². The van der Waals surface area contributed by atoms with Gasteiger partial charge in [0, 0.05) is 26.0 Å². The van der Waals surface area contributed by atoms with E-state index in [1.807, 2.05) is 19.1 Å². The van der Waals surface area contributed by atoms with E-state index < -0.39 is 0 Å². The van der Waals surface area contributed by atoms with Gasteiger partial charge in [0.25, 0.3) is 0 Å². The molecule has 0 aliphatic heterocycles. The zero-order valence-electron chi connectivity index (χ0n) is 12.0. The maximum absolute atomic E-state index is 5.41. The van der Waals surface area contributed by atoms with Gasteiger partial charge in [0.1, 0.15) is 0 Å². The number of rotatable bonds is 5. The second-order valence-corrected chi connectivity index (χ2v) is 6.13. The number of nitrogens with zero attached hydrogens (tertiary/aromatic N) is 2. The number of pyridine rings is 1. The molecule has 0 aromatic carbocycles. The molecule has 0 aliphatic rings. The van der Waals surface area contributed by atoms with Crippen molar-refractivity contribution in [1.82, 2.24) is 14.5 Å². The van der Waals surface area contributed by atoms with Gasteiger partial charge in [-0.1, -0.05) is 13.8 Å². The number of aromatic nitrogens is 3. The Morgan fingerprint density at radius 1 is 1.42 bits per heavy atom. The van der Waals surface area contributed by atoms with E-state index in [1.54, 1.807) is 7.11 Å². The molecule has 0 atom stereocenters. The van der Waals surface area contributed by atoms with E-state index in [-0.39, 0.29) is 5.41 Å². The maximum Gasteiger partial charge on any atom is 0.179 e. The van der Waals surface area contributed by atoms with Gasteiger partial charge in [-0.15, -0.1) is 0 Å². The van der Waals surface area contributed by atoms with E-state index in [9.17, 15) is 0 Å². The third kappa shape index (κ3) is 3.22. The maximum atomic E-state index is 5.41. The molecule has 4 nitrogen and oxygen atoms in total. The number of hydrogen-bond acceptors (Lipinski definition) is 3. The number of aromatic amines is 1. The summed E-state index contributed by atoms with van der Waals surface area (Å²) < 4.78 is 8.00. The van der Waals surface area contributed by atoms with Gasteiger partial charge in [-0.05, 0) is 43.1 Å². The molecule has 0 radical (unpaired) electrons. The van der Waals surface area contributed by atoms with E-state index in [2.05, 4.69) is 28.4 Å². The van der Waals surface area contributed by atoms with Crippen molar-refractivity contribution in [3.05, 3.63) is 22.6 Å². The topological polar surface area (TPSA) is 42.8 Å². The fraction of sp³-hybridized carbons (Fsp3) is 0.571. The van der Waals surface area contributed by atoms with Crippen LogP contribution in [0.3, 0.4) is 0 Å². The Morgan fingerprint density at radius 2 is 2.16 bits per heavy atom. The summed E-state index contributed by atoms with van der Waals surface area (Å²) in [4.78, 5) is 7.81. The smallest absolute Gasteiger partial charge is 0.179 e. The van der Waals surface area contributed by atoms with Crippen LogP contribution in [-0.2, 0) is 11.3 Å². The van der Waals surface area contributed by atoms with Crippen LogP contribution in [0.25, 0.3) is 11.2 Å². The number of ether oxygens (including phenoxy) is 1. The summed E-state index contributed by atoms with van der Waals surface area (Å²) in [5.41, 5.74) is 3.06. The highest BCUT2D eigenvalue weighted by molar-refractivity contribution is 7.71. The monoisotopic (exact) mass is 279 g/mol. The molecule has 104 valence electrons. The Morgan fingerprint density at radius 3 is 2.84 bits per heavy atom. The normalized spacial score (nSPS) is 12.2. The Bertz CT molecular complexity index is 627. The lowest BCUT2D eigenvalue weighted by Gasteiger charge is -2.24. The second kappa shape index (κ2) is 5.43. The zero-order chi connectivity index (χ0) is 14.0. The molecule has 0 fully saturated rings. The number of hydrogen-bond donors (Lipinski definition) is 1. The van der Waals surface area contributed by atoms with Crippen LogP contribution in [0.5, 0.6) is 0 Å². The van der Waals surface area contributed by atoms with Gasteiger partial charge in [0.2, 0.25) is 0 Å². The third-order valence-corrected chi connectivity index (χ3v) is 3.65. The lowest BCUT2D eigenvalue weighted by molar-refractivity contribution is 0.143. The number of nitrogens with one attached hydrogen (secondary N) is 1. The van der Waals surface area contributed by atoms with Crippen LogP contribution in [0.4, 0.5) is 0 Å². The van der Waals surface area contributed by atoms with E-state index in [4.69, 9.17) is 17.0 Å². The van der Waals surface area contributed by atoms with E-state index >= 15 is 0 Å². The van der Waals surface area contributed by atoms with Crippen LogP contribution < -0.4 is 0 Å². The third-order valence-electron chi connectivity index (χ3n) is 3.33. The second-order valence-electron chi connectivity index (χ2n) is 5.75. The van der Waals surface area contributed by atoms with E-state index in [0.717, 1.165) is 41.2 Å². The van der Waals surface area contributed by atoms with Crippen molar-refractivity contribution in [2.45, 2.75) is 33.7 Å². The first kappa shape index (κ1) is 14.2. The Hall–Kier alpha value is -1.20. The molecular formula is C14H21N3OS. The highest BCUT2D eigenvalue weighted by Gasteiger charge is 2.20. The van der Waals surface area contributed by atoms with Gasteiger partial charge in [0.05, 0.1) is 5.52 Å². The lowest BCUT2D eigenvalue weighted by atomic mass is 9.89. The predicted molar refractivity (Wildman–Crippen MR) is 79.9 cm³/mol. The molecule has 2 rings (SSSR count). The van der Waals surface area contributed by atoms with Crippen molar-refractivity contribution in [2.75, 3.05) is 13.7 Å². The summed E-state index contributed by atoms with van der Waals surface area (Å²) in [5, 5.41) is 0. The first-order valence-corrected chi connectivity index (χ1v) is 6.89. The first-order valence-electron chi connectivity index (χ1n) is 6.48. The average molecular weight is 279 g/mol. The highest BCUT2D eigenvalue weighted by Crippen LogP contribution is 2.25. The largest absolute Gasteiger partial charge is 0.385 e. The zero-order valence-corrected chi connectivity index (χ0v) is 12.8. The van der Waals surface area contributed by atoms with Crippen LogP contribution in [0.15, 0.2) is 12.1 Å². The van der Waals surface area contributed by atoms with Gasteiger partial charge in [-0.25, -0.2) is 4.98 Å². The SMILES string of the molecule is COCCC(C)(C)Cn1c(=S)[nH]c2ccc(C)nc21. The van der Waals surface area contributed by atoms with Crippen molar-refractivity contribution in [3.63, 3.8) is 0 Å². The molecule has 0 amide bonds. The number of aryl methyl sites for hydroxylation is 1. The van der Waals surface area contributed by atoms with Gasteiger partial charge in [0.15, 0.2) is 10.4 Å². The molecule has 0 aliphatic carbocycles. The minimum absolute atomic E-state index is 0.120. The molecule has 2 aromatic rings. The standard InChI is InChI=1S/C14H21N3OS/c1-10-5-6-11-12(15-10)17(13(19)16-11)9-14(2,3)7-8-18-4/h5-6H,7-9H2,1-4H3,(H,16,19). The molecule has 2 heterocycles. The summed E-state index contributed by atoms with van der Waals surface area (Å²) >= 11 is 5.41. The van der Waals surface area contributed by atoms with Crippen molar-refractivity contribution in [2.24, 2.45) is 5.41 Å². The van der Waals surface area contributed by atoms with Crippen molar-refractivity contribution < 1.29 is 4.74 Å². The quantitative estimate of drug-likeness (QED) is 0.852. The minimum Gasteiger partial charge on any atom is -0.385 e. The molecule has 0 unspecified atom stereocenters. The van der Waals surface area contributed by atoms with E-state index in [0.29, 0.717) is 0 Å². The van der Waals surface area contributed by atoms with Gasteiger partial charge < -0.3 is 14.3 Å². The molecule has 0 saturated heterocycles. The molecule has 0 spiro atoms. The summed E-state index contributed by atoms with van der Waals surface area (Å²) in [6.07, 6.45) is 0.990. The van der Waals surface area contributed by atoms with Crippen LogP contribution in [0.1, 0.15) is 26.0 Å². The van der Waals surface area contributed by atoms with Gasteiger partial charge in [-0.2, -0.15) is 0 Å². The molecule has 0 saturated carbocycles. The number of imidazole rings is 1. The fourth-order valence-corrected chi connectivity index (χ4v) is 2.42. The Kier molecular flexibility index (Phi) is 4.06. The molecule has 2 aromatic heterocycles. The number of fused-ring (bicyclic) bond motifs is 1. The first-order chi connectivity index (χ1) is 8.93. The van der Waals surface area contributed by atoms with Gasteiger partial charge >= 0.3 is 0 Å². The number of methoxy groups -OCH3 is 1. The van der Waals surface area contributed by atoms with Crippen LogP contribution in [0.2, 0.25) is 0 Å². The lowest BCUT2D eigenvalue weighted by Crippen LogP contribution is -2.22. The minimum atomic E-state index is 0.120. The highest BCUT2D eigenvalue weighted by atomic mass is 32.1. The molecule has 19 heavy (non-hydrogen) atoms. The van der Waals surface area contributed by atoms with Crippen molar-refractivity contribution >= 4 is 23.4 Å².